The molecule has 0 unspecified atom stereocenters. The first kappa shape index (κ1) is 21.0. The van der Waals surface area contributed by atoms with Gasteiger partial charge < -0.3 is 15.4 Å². The van der Waals surface area contributed by atoms with Crippen LogP contribution in [0.1, 0.15) is 15.2 Å². The van der Waals surface area contributed by atoms with Gasteiger partial charge in [-0.1, -0.05) is 18.2 Å². The van der Waals surface area contributed by atoms with Crippen LogP contribution in [0.4, 0.5) is 21.9 Å². The van der Waals surface area contributed by atoms with Crippen LogP contribution in [0.3, 0.4) is 0 Å². The number of carbonyl (C=O) groups excluding carboxylic acids is 2. The highest BCUT2D eigenvalue weighted by molar-refractivity contribution is 7.21. The SMILES string of the molecule is Cc1c(C(=O)Oc2ccc(NC(=O)Nc3ccccc3)cc2)sc2ccc([N+](=O)[O-])cc12. The summed E-state index contributed by atoms with van der Waals surface area (Å²) in [5.41, 5.74) is 1.80. The molecule has 9 heteroatoms. The first-order valence-electron chi connectivity index (χ1n) is 9.53. The second kappa shape index (κ2) is 8.86. The molecule has 1 aromatic heterocycles. The Bertz CT molecular complexity index is 1320. The molecule has 8 nitrogen and oxygen atoms in total. The lowest BCUT2D eigenvalue weighted by molar-refractivity contribution is -0.384. The van der Waals surface area contributed by atoms with Crippen LogP contribution in [0.5, 0.6) is 5.75 Å². The Balaban J connectivity index is 1.43. The van der Waals surface area contributed by atoms with E-state index >= 15 is 0 Å². The lowest BCUT2D eigenvalue weighted by Gasteiger charge is -2.08. The molecule has 1 heterocycles. The molecule has 4 rings (SSSR count). The molecule has 0 saturated heterocycles. The highest BCUT2D eigenvalue weighted by Gasteiger charge is 2.19. The van der Waals surface area contributed by atoms with Gasteiger partial charge in [-0.25, -0.2) is 9.59 Å². The summed E-state index contributed by atoms with van der Waals surface area (Å²) in [6.45, 7) is 1.73. The third-order valence-electron chi connectivity index (χ3n) is 4.67. The second-order valence-electron chi connectivity index (χ2n) is 6.85. The van der Waals surface area contributed by atoms with Crippen LogP contribution in [0.25, 0.3) is 10.1 Å². The van der Waals surface area contributed by atoms with E-state index in [1.54, 1.807) is 49.4 Å². The highest BCUT2D eigenvalue weighted by Crippen LogP contribution is 2.34. The van der Waals surface area contributed by atoms with Crippen LogP contribution >= 0.6 is 11.3 Å². The van der Waals surface area contributed by atoms with E-state index in [0.717, 1.165) is 4.70 Å². The summed E-state index contributed by atoms with van der Waals surface area (Å²) in [5, 5.41) is 17.1. The number of ether oxygens (including phenoxy) is 1. The number of nitro benzene ring substituents is 1. The number of rotatable bonds is 5. The quantitative estimate of drug-likeness (QED) is 0.169. The lowest BCUT2D eigenvalue weighted by atomic mass is 10.1. The number of carbonyl (C=O) groups is 2. The Labute approximate surface area is 186 Å². The van der Waals surface area contributed by atoms with E-state index in [4.69, 9.17) is 4.74 Å². The normalized spacial score (nSPS) is 10.5. The molecular weight excluding hydrogens is 430 g/mol. The zero-order valence-corrected chi connectivity index (χ0v) is 17.6. The van der Waals surface area contributed by atoms with Crippen molar-refractivity contribution in [1.29, 1.82) is 0 Å². The van der Waals surface area contributed by atoms with Crippen LogP contribution in [-0.2, 0) is 0 Å². The molecule has 32 heavy (non-hydrogen) atoms. The molecule has 2 amide bonds. The molecule has 0 aliphatic heterocycles. The average molecular weight is 447 g/mol. The largest absolute Gasteiger partial charge is 0.422 e. The van der Waals surface area contributed by atoms with Crippen molar-refractivity contribution in [1.82, 2.24) is 0 Å². The summed E-state index contributed by atoms with van der Waals surface area (Å²) in [4.78, 5) is 35.7. The number of nitro groups is 1. The van der Waals surface area contributed by atoms with Gasteiger partial charge in [0.15, 0.2) is 0 Å². The Morgan fingerprint density at radius 2 is 1.59 bits per heavy atom. The van der Waals surface area contributed by atoms with Crippen LogP contribution in [0.15, 0.2) is 72.8 Å². The summed E-state index contributed by atoms with van der Waals surface area (Å²) >= 11 is 1.22. The molecule has 0 radical (unpaired) electrons. The molecule has 160 valence electrons. The molecule has 0 spiro atoms. The Hall–Kier alpha value is -4.24. The number of non-ortho nitro benzene ring substituents is 1. The standard InChI is InChI=1S/C23H17N3O5S/c1-14-19-13-17(26(29)30)9-12-20(19)32-21(14)22(27)31-18-10-7-16(8-11-18)25-23(28)24-15-5-3-2-4-6-15/h2-13H,1H3,(H2,24,25,28). The lowest BCUT2D eigenvalue weighted by Crippen LogP contribution is -2.19. The summed E-state index contributed by atoms with van der Waals surface area (Å²) in [6.07, 6.45) is 0. The van der Waals surface area contributed by atoms with Crippen molar-refractivity contribution < 1.29 is 19.2 Å². The molecule has 0 saturated carbocycles. The number of fused-ring (bicyclic) bond motifs is 1. The first-order valence-corrected chi connectivity index (χ1v) is 10.4. The second-order valence-corrected chi connectivity index (χ2v) is 7.91. The summed E-state index contributed by atoms with van der Waals surface area (Å²) < 4.78 is 6.22. The smallest absolute Gasteiger partial charge is 0.354 e. The molecule has 0 atom stereocenters. The number of hydrogen-bond acceptors (Lipinski definition) is 6. The maximum Gasteiger partial charge on any atom is 0.354 e. The summed E-state index contributed by atoms with van der Waals surface area (Å²) in [7, 11) is 0. The van der Waals surface area contributed by atoms with Crippen LogP contribution in [0, 0.1) is 17.0 Å². The van der Waals surface area contributed by atoms with Crippen molar-refractivity contribution in [3.05, 3.63) is 93.4 Å². The van der Waals surface area contributed by atoms with Crippen molar-refractivity contribution >= 4 is 50.5 Å². The average Bonchev–Trinajstić information content (AvgIpc) is 3.12. The maximum absolute atomic E-state index is 12.7. The first-order chi connectivity index (χ1) is 15.4. The number of benzene rings is 3. The van der Waals surface area contributed by atoms with E-state index in [-0.39, 0.29) is 5.69 Å². The van der Waals surface area contributed by atoms with Gasteiger partial charge in [0.25, 0.3) is 5.69 Å². The molecule has 4 aromatic rings. The number of thiophene rings is 1. The molecule has 0 aliphatic rings. The van der Waals surface area contributed by atoms with Gasteiger partial charge in [-0.15, -0.1) is 11.3 Å². The van der Waals surface area contributed by atoms with Gasteiger partial charge in [-0.3, -0.25) is 10.1 Å². The van der Waals surface area contributed by atoms with Crippen molar-refractivity contribution in [3.8, 4) is 5.75 Å². The third-order valence-corrected chi connectivity index (χ3v) is 5.92. The summed E-state index contributed by atoms with van der Waals surface area (Å²) in [6, 6.07) is 19.5. The molecule has 0 bridgehead atoms. The number of para-hydroxylation sites is 1. The van der Waals surface area contributed by atoms with Crippen molar-refractivity contribution in [2.45, 2.75) is 6.92 Å². The molecular formula is C23H17N3O5S. The number of anilines is 2. The van der Waals surface area contributed by atoms with E-state index in [1.165, 1.54) is 23.5 Å². The fraction of sp³-hybridized carbons (Fsp3) is 0.0435. The van der Waals surface area contributed by atoms with Crippen LogP contribution in [0.2, 0.25) is 0 Å². The van der Waals surface area contributed by atoms with Gasteiger partial charge >= 0.3 is 12.0 Å². The van der Waals surface area contributed by atoms with E-state index in [0.29, 0.717) is 33.0 Å². The number of nitrogens with zero attached hydrogens (tertiary/aromatic N) is 1. The number of nitrogens with one attached hydrogen (secondary N) is 2. The minimum atomic E-state index is -0.547. The molecule has 3 aromatic carbocycles. The Kier molecular flexibility index (Phi) is 5.82. The highest BCUT2D eigenvalue weighted by atomic mass is 32.1. The Morgan fingerprint density at radius 1 is 0.938 bits per heavy atom. The maximum atomic E-state index is 12.7. The van der Waals surface area contributed by atoms with E-state index in [9.17, 15) is 19.7 Å². The molecule has 0 fully saturated rings. The van der Waals surface area contributed by atoms with Gasteiger partial charge in [0.2, 0.25) is 0 Å². The third kappa shape index (κ3) is 4.57. The molecule has 2 N–H and O–H groups in total. The van der Waals surface area contributed by atoms with Crippen molar-refractivity contribution in [3.63, 3.8) is 0 Å². The zero-order chi connectivity index (χ0) is 22.7. The van der Waals surface area contributed by atoms with Crippen molar-refractivity contribution in [2.75, 3.05) is 10.6 Å². The van der Waals surface area contributed by atoms with E-state index in [2.05, 4.69) is 10.6 Å². The summed E-state index contributed by atoms with van der Waals surface area (Å²) in [5.74, 6) is -0.235. The minimum absolute atomic E-state index is 0.0299. The topological polar surface area (TPSA) is 111 Å². The number of esters is 1. The predicted octanol–water partition coefficient (Wildman–Crippen LogP) is 5.98. The zero-order valence-electron chi connectivity index (χ0n) is 16.8. The van der Waals surface area contributed by atoms with E-state index in [1.807, 2.05) is 18.2 Å². The molecule has 0 aliphatic carbocycles. The van der Waals surface area contributed by atoms with Gasteiger partial charge in [-0.05, 0) is 55.0 Å². The fourth-order valence-electron chi connectivity index (χ4n) is 3.09. The van der Waals surface area contributed by atoms with Gasteiger partial charge in [0, 0.05) is 33.6 Å². The van der Waals surface area contributed by atoms with Gasteiger partial charge in [-0.2, -0.15) is 0 Å². The van der Waals surface area contributed by atoms with Crippen LogP contribution < -0.4 is 15.4 Å². The number of amides is 2. The monoisotopic (exact) mass is 447 g/mol. The minimum Gasteiger partial charge on any atom is -0.422 e. The van der Waals surface area contributed by atoms with Crippen LogP contribution in [-0.4, -0.2) is 16.9 Å². The fourth-order valence-corrected chi connectivity index (χ4v) is 4.16. The number of hydrogen-bond donors (Lipinski definition) is 2. The van der Waals surface area contributed by atoms with Gasteiger partial charge in [0.05, 0.1) is 4.92 Å². The number of aryl methyl sites for hydroxylation is 1. The van der Waals surface area contributed by atoms with Crippen molar-refractivity contribution in [2.24, 2.45) is 0 Å². The van der Waals surface area contributed by atoms with Gasteiger partial charge in [0.1, 0.15) is 10.6 Å². The number of urea groups is 1. The Morgan fingerprint density at radius 3 is 2.25 bits per heavy atom. The van der Waals surface area contributed by atoms with E-state index < -0.39 is 16.9 Å². The predicted molar refractivity (Wildman–Crippen MR) is 124 cm³/mol.